The van der Waals surface area contributed by atoms with Crippen LogP contribution in [0.3, 0.4) is 0 Å². The normalized spacial score (nSPS) is 13.7. The number of hydrogen-bond acceptors (Lipinski definition) is 6. The van der Waals surface area contributed by atoms with Crippen LogP contribution in [0.25, 0.3) is 11.0 Å². The minimum atomic E-state index is -0.371. The van der Waals surface area contributed by atoms with E-state index in [9.17, 15) is 9.59 Å². The summed E-state index contributed by atoms with van der Waals surface area (Å²) in [5, 5.41) is 6.30. The Labute approximate surface area is 160 Å². The fraction of sp³-hybridized carbons (Fsp3) is 0.389. The fourth-order valence-corrected chi connectivity index (χ4v) is 4.57. The van der Waals surface area contributed by atoms with Crippen molar-refractivity contribution in [3.05, 3.63) is 35.6 Å². The molecular weight excluding hydrogens is 370 g/mol. The summed E-state index contributed by atoms with van der Waals surface area (Å²) in [6, 6.07) is 7.59. The quantitative estimate of drug-likeness (QED) is 0.758. The molecule has 0 saturated heterocycles. The molecule has 1 aliphatic heterocycles. The van der Waals surface area contributed by atoms with E-state index in [1.807, 2.05) is 31.2 Å². The first-order chi connectivity index (χ1) is 12.7. The third kappa shape index (κ3) is 4.62. The first-order valence-corrected chi connectivity index (χ1v) is 10.5. The molecule has 26 heavy (non-hydrogen) atoms. The summed E-state index contributed by atoms with van der Waals surface area (Å²) in [6.07, 6.45) is 0.854. The second-order valence-corrected chi connectivity index (χ2v) is 8.03. The maximum absolute atomic E-state index is 12.6. The zero-order valence-corrected chi connectivity index (χ0v) is 16.2. The molecule has 0 fully saturated rings. The molecule has 0 radical (unpaired) electrons. The third-order valence-electron chi connectivity index (χ3n) is 3.78. The molecule has 0 spiro atoms. The van der Waals surface area contributed by atoms with Crippen LogP contribution in [0, 0.1) is 0 Å². The van der Waals surface area contributed by atoms with Gasteiger partial charge in [0.2, 0.25) is 5.91 Å². The molecule has 0 bridgehead atoms. The lowest BCUT2D eigenvalue weighted by atomic mass is 10.1. The molecule has 6 nitrogen and oxygen atoms in total. The number of benzene rings is 1. The predicted octanol–water partition coefficient (Wildman–Crippen LogP) is 3.02. The lowest BCUT2D eigenvalue weighted by Crippen LogP contribution is -2.37. The second kappa shape index (κ2) is 9.14. The van der Waals surface area contributed by atoms with Crippen LogP contribution in [0.4, 0.5) is 0 Å². The lowest BCUT2D eigenvalue weighted by Gasteiger charge is -2.06. The molecule has 1 aromatic heterocycles. The number of carbonyl (C=O) groups is 2. The number of fused-ring (bicyclic) bond motifs is 1. The smallest absolute Gasteiger partial charge is 0.287 e. The van der Waals surface area contributed by atoms with E-state index < -0.39 is 0 Å². The predicted molar refractivity (Wildman–Crippen MR) is 108 cm³/mol. The number of hydrogen-bond donors (Lipinski definition) is 2. The average Bonchev–Trinajstić information content (AvgIpc) is 3.30. The molecule has 0 aliphatic carbocycles. The topological polar surface area (TPSA) is 83.7 Å². The Morgan fingerprint density at radius 2 is 2.15 bits per heavy atom. The minimum Gasteiger partial charge on any atom is -0.451 e. The van der Waals surface area contributed by atoms with E-state index in [1.54, 1.807) is 23.5 Å². The zero-order valence-electron chi connectivity index (χ0n) is 14.5. The van der Waals surface area contributed by atoms with Crippen LogP contribution in [0.5, 0.6) is 0 Å². The van der Waals surface area contributed by atoms with Crippen molar-refractivity contribution < 1.29 is 14.0 Å². The molecule has 0 saturated carbocycles. The van der Waals surface area contributed by atoms with E-state index in [0.717, 1.165) is 34.0 Å². The van der Waals surface area contributed by atoms with Crippen molar-refractivity contribution in [3.63, 3.8) is 0 Å². The highest BCUT2D eigenvalue weighted by molar-refractivity contribution is 8.38. The number of carbonyl (C=O) groups excluding carboxylic acids is 2. The van der Waals surface area contributed by atoms with Gasteiger partial charge in [0.05, 0.1) is 13.1 Å². The summed E-state index contributed by atoms with van der Waals surface area (Å²) >= 11 is 3.35. The number of nitrogens with zero attached hydrogens (tertiary/aromatic N) is 1. The molecule has 0 atom stereocenters. The molecular formula is C18H21N3O3S2. The van der Waals surface area contributed by atoms with Gasteiger partial charge in [-0.15, -0.1) is 0 Å². The Hall–Kier alpha value is -1.93. The van der Waals surface area contributed by atoms with Gasteiger partial charge in [-0.05, 0) is 12.5 Å². The van der Waals surface area contributed by atoms with Gasteiger partial charge in [-0.25, -0.2) is 0 Å². The Morgan fingerprint density at radius 3 is 2.92 bits per heavy atom. The van der Waals surface area contributed by atoms with Gasteiger partial charge in [0.15, 0.2) is 5.76 Å². The highest BCUT2D eigenvalue weighted by Gasteiger charge is 2.22. The van der Waals surface area contributed by atoms with Gasteiger partial charge in [0.1, 0.15) is 9.96 Å². The van der Waals surface area contributed by atoms with Crippen molar-refractivity contribution in [2.45, 2.75) is 19.1 Å². The van der Waals surface area contributed by atoms with Gasteiger partial charge >= 0.3 is 0 Å². The Kier molecular flexibility index (Phi) is 6.62. The summed E-state index contributed by atoms with van der Waals surface area (Å²) in [5.74, 6) is 1.31. The minimum absolute atomic E-state index is 0.0645. The summed E-state index contributed by atoms with van der Waals surface area (Å²) in [5.41, 5.74) is 1.51. The van der Waals surface area contributed by atoms with Crippen molar-refractivity contribution in [2.24, 2.45) is 4.99 Å². The molecule has 2 N–H and O–H groups in total. The number of nitrogens with one attached hydrogen (secondary N) is 2. The third-order valence-corrected chi connectivity index (χ3v) is 6.06. The molecule has 8 heteroatoms. The van der Waals surface area contributed by atoms with Crippen LogP contribution in [-0.2, 0) is 10.5 Å². The van der Waals surface area contributed by atoms with E-state index in [2.05, 4.69) is 15.6 Å². The molecule has 0 unspecified atom stereocenters. The van der Waals surface area contributed by atoms with Gasteiger partial charge < -0.3 is 15.1 Å². The van der Waals surface area contributed by atoms with Gasteiger partial charge in [0, 0.05) is 29.0 Å². The molecule has 2 aromatic rings. The number of para-hydroxylation sites is 1. The standard InChI is InChI=1S/C18H21N3O3S2/c1-2-7-19-15(22)10-21-17(23)16-13(11-26-18-20-8-9-25-18)12-5-3-4-6-14(12)24-16/h3-6H,2,7-11H2,1H3,(H,19,22)(H,21,23). The molecule has 2 heterocycles. The van der Waals surface area contributed by atoms with Gasteiger partial charge in [-0.1, -0.05) is 48.6 Å². The van der Waals surface area contributed by atoms with Crippen molar-refractivity contribution in [1.29, 1.82) is 0 Å². The van der Waals surface area contributed by atoms with Crippen molar-refractivity contribution in [3.8, 4) is 0 Å². The van der Waals surface area contributed by atoms with E-state index in [0.29, 0.717) is 17.9 Å². The van der Waals surface area contributed by atoms with Gasteiger partial charge in [-0.3, -0.25) is 14.6 Å². The molecule has 1 aromatic carbocycles. The molecule has 2 amide bonds. The highest BCUT2D eigenvalue weighted by Crippen LogP contribution is 2.32. The van der Waals surface area contributed by atoms with Crippen LogP contribution in [0.15, 0.2) is 33.7 Å². The molecule has 138 valence electrons. The first-order valence-electron chi connectivity index (χ1n) is 8.54. The first kappa shape index (κ1) is 18.8. The summed E-state index contributed by atoms with van der Waals surface area (Å²) in [7, 11) is 0. The SMILES string of the molecule is CCCNC(=O)CNC(=O)c1oc2ccccc2c1CSC1=NCCS1. The molecule has 3 rings (SSSR count). The van der Waals surface area contributed by atoms with E-state index in [1.165, 1.54) is 0 Å². The largest absolute Gasteiger partial charge is 0.451 e. The fourth-order valence-electron chi connectivity index (χ4n) is 2.53. The number of thioether (sulfide) groups is 2. The maximum atomic E-state index is 12.6. The second-order valence-electron chi connectivity index (χ2n) is 5.72. The molecule has 1 aliphatic rings. The summed E-state index contributed by atoms with van der Waals surface area (Å²) in [6.45, 7) is 3.36. The zero-order chi connectivity index (χ0) is 18.4. The van der Waals surface area contributed by atoms with Crippen molar-refractivity contribution in [2.75, 3.05) is 25.4 Å². The lowest BCUT2D eigenvalue weighted by molar-refractivity contribution is -0.120. The number of amides is 2. The van der Waals surface area contributed by atoms with Crippen LogP contribution in [0.1, 0.15) is 29.5 Å². The van der Waals surface area contributed by atoms with E-state index >= 15 is 0 Å². The van der Waals surface area contributed by atoms with Crippen molar-refractivity contribution >= 4 is 50.7 Å². The van der Waals surface area contributed by atoms with Crippen LogP contribution < -0.4 is 10.6 Å². The summed E-state index contributed by atoms with van der Waals surface area (Å²) in [4.78, 5) is 28.7. The van der Waals surface area contributed by atoms with Crippen molar-refractivity contribution in [1.82, 2.24) is 10.6 Å². The van der Waals surface area contributed by atoms with Crippen LogP contribution in [0.2, 0.25) is 0 Å². The number of furan rings is 1. The van der Waals surface area contributed by atoms with E-state index in [4.69, 9.17) is 4.42 Å². The monoisotopic (exact) mass is 391 g/mol. The Bertz CT molecular complexity index is 832. The Balaban J connectivity index is 1.74. The van der Waals surface area contributed by atoms with Gasteiger partial charge in [0.25, 0.3) is 5.91 Å². The van der Waals surface area contributed by atoms with E-state index in [-0.39, 0.29) is 24.1 Å². The average molecular weight is 392 g/mol. The summed E-state index contributed by atoms with van der Waals surface area (Å²) < 4.78 is 6.83. The number of rotatable bonds is 7. The van der Waals surface area contributed by atoms with Crippen LogP contribution >= 0.6 is 23.5 Å². The van der Waals surface area contributed by atoms with Gasteiger partial charge in [-0.2, -0.15) is 0 Å². The maximum Gasteiger partial charge on any atom is 0.287 e. The highest BCUT2D eigenvalue weighted by atomic mass is 32.2. The van der Waals surface area contributed by atoms with Crippen LogP contribution in [-0.4, -0.2) is 41.6 Å². The Morgan fingerprint density at radius 1 is 1.31 bits per heavy atom. The number of aliphatic imine (C=N–C) groups is 1.